The predicted molar refractivity (Wildman–Crippen MR) is 79.0 cm³/mol. The van der Waals surface area contributed by atoms with Crippen molar-refractivity contribution in [1.29, 1.82) is 0 Å². The summed E-state index contributed by atoms with van der Waals surface area (Å²) in [6.07, 6.45) is -9.87. The fourth-order valence-corrected chi connectivity index (χ4v) is 2.52. The standard InChI is InChI=1S/C15H10F6N4O2/c1-3-27-13(26)7-5-8-11(23-10(7)15(19,20)21)24-25-9(14(16,17)18)4-6(2)22-12(8)25/h4-5H,3H2,1-2H3. The van der Waals surface area contributed by atoms with Gasteiger partial charge >= 0.3 is 18.3 Å². The molecule has 3 heterocycles. The molecule has 144 valence electrons. The molecule has 6 nitrogen and oxygen atoms in total. The van der Waals surface area contributed by atoms with Crippen LogP contribution in [0.5, 0.6) is 0 Å². The van der Waals surface area contributed by atoms with Gasteiger partial charge in [0.05, 0.1) is 17.6 Å². The number of alkyl halides is 6. The Morgan fingerprint density at radius 1 is 1.11 bits per heavy atom. The van der Waals surface area contributed by atoms with Crippen LogP contribution in [0.2, 0.25) is 0 Å². The summed E-state index contributed by atoms with van der Waals surface area (Å²) in [4.78, 5) is 19.1. The number of pyridine rings is 1. The molecule has 3 rings (SSSR count). The second-order valence-electron chi connectivity index (χ2n) is 5.49. The lowest BCUT2D eigenvalue weighted by atomic mass is 10.1. The predicted octanol–water partition coefficient (Wildman–Crippen LogP) is 3.80. The summed E-state index contributed by atoms with van der Waals surface area (Å²) >= 11 is 0. The van der Waals surface area contributed by atoms with Gasteiger partial charge in [0.15, 0.2) is 17.0 Å². The van der Waals surface area contributed by atoms with Gasteiger partial charge < -0.3 is 4.74 Å². The van der Waals surface area contributed by atoms with E-state index in [1.165, 1.54) is 13.8 Å². The molecular weight excluding hydrogens is 382 g/mol. The average Bonchev–Trinajstić information content (AvgIpc) is 2.89. The Hall–Kier alpha value is -2.92. The van der Waals surface area contributed by atoms with Crippen molar-refractivity contribution in [2.24, 2.45) is 0 Å². The molecule has 0 saturated heterocycles. The number of rotatable bonds is 2. The van der Waals surface area contributed by atoms with Crippen molar-refractivity contribution in [2.45, 2.75) is 26.2 Å². The quantitative estimate of drug-likeness (QED) is 0.490. The summed E-state index contributed by atoms with van der Waals surface area (Å²) in [6.45, 7) is 2.49. The maximum absolute atomic E-state index is 13.3. The summed E-state index contributed by atoms with van der Waals surface area (Å²) in [5.41, 5.74) is -4.78. The van der Waals surface area contributed by atoms with Crippen molar-refractivity contribution in [3.8, 4) is 0 Å². The first kappa shape index (κ1) is 18.9. The Labute approximate surface area is 146 Å². The van der Waals surface area contributed by atoms with E-state index in [0.717, 1.165) is 6.07 Å². The Morgan fingerprint density at radius 3 is 2.33 bits per heavy atom. The number of carbonyl (C=O) groups is 1. The first-order chi connectivity index (χ1) is 12.4. The van der Waals surface area contributed by atoms with Crippen LogP contribution in [0, 0.1) is 6.92 Å². The topological polar surface area (TPSA) is 69.4 Å². The third-order valence-electron chi connectivity index (χ3n) is 3.55. The molecule has 0 aliphatic rings. The lowest BCUT2D eigenvalue weighted by molar-refractivity contribution is -0.143. The number of hydrogen-bond acceptors (Lipinski definition) is 5. The van der Waals surface area contributed by atoms with Gasteiger partial charge in [-0.2, -0.15) is 26.3 Å². The third kappa shape index (κ3) is 3.26. The Morgan fingerprint density at radius 2 is 1.78 bits per heavy atom. The summed E-state index contributed by atoms with van der Waals surface area (Å²) in [5.74, 6) is -1.30. The van der Waals surface area contributed by atoms with Gasteiger partial charge in [0.2, 0.25) is 0 Å². The van der Waals surface area contributed by atoms with Crippen molar-refractivity contribution in [2.75, 3.05) is 6.61 Å². The van der Waals surface area contributed by atoms with Gasteiger partial charge in [-0.1, -0.05) is 0 Å². The Balaban J connectivity index is 2.42. The van der Waals surface area contributed by atoms with E-state index in [1.54, 1.807) is 0 Å². The molecule has 0 spiro atoms. The molecular formula is C15H10F6N4O2. The SMILES string of the molecule is CCOC(=O)c1cc2c(nc1C(F)(F)F)nn1c(C(F)(F)F)cc(C)nc21. The van der Waals surface area contributed by atoms with Crippen molar-refractivity contribution in [1.82, 2.24) is 19.6 Å². The first-order valence-corrected chi connectivity index (χ1v) is 7.46. The third-order valence-corrected chi connectivity index (χ3v) is 3.55. The molecule has 0 aliphatic carbocycles. The van der Waals surface area contributed by atoms with Gasteiger partial charge in [0.25, 0.3) is 0 Å². The summed E-state index contributed by atoms with van der Waals surface area (Å²) in [6, 6.07) is 1.45. The maximum atomic E-state index is 13.3. The highest BCUT2D eigenvalue weighted by molar-refractivity contribution is 5.98. The highest BCUT2D eigenvalue weighted by atomic mass is 19.4. The van der Waals surface area contributed by atoms with Crippen molar-refractivity contribution in [3.63, 3.8) is 0 Å². The van der Waals surface area contributed by atoms with Crippen LogP contribution in [-0.2, 0) is 17.1 Å². The van der Waals surface area contributed by atoms with E-state index >= 15 is 0 Å². The van der Waals surface area contributed by atoms with Crippen LogP contribution < -0.4 is 0 Å². The van der Waals surface area contributed by atoms with Crippen LogP contribution in [0.1, 0.15) is 34.4 Å². The van der Waals surface area contributed by atoms with E-state index in [4.69, 9.17) is 0 Å². The van der Waals surface area contributed by atoms with E-state index < -0.39 is 40.9 Å². The van der Waals surface area contributed by atoms with Gasteiger partial charge in [-0.15, -0.1) is 5.10 Å². The van der Waals surface area contributed by atoms with E-state index in [9.17, 15) is 31.1 Å². The fourth-order valence-electron chi connectivity index (χ4n) is 2.52. The Bertz CT molecular complexity index is 1050. The number of carbonyl (C=O) groups excluding carboxylic acids is 1. The Kier molecular flexibility index (Phi) is 4.23. The summed E-state index contributed by atoms with van der Waals surface area (Å²) in [5, 5.41) is 3.28. The number of esters is 1. The minimum atomic E-state index is -5.04. The molecule has 0 N–H and O–H groups in total. The average molecular weight is 392 g/mol. The molecule has 0 aromatic carbocycles. The molecule has 0 unspecified atom stereocenters. The van der Waals surface area contributed by atoms with Crippen LogP contribution in [0.3, 0.4) is 0 Å². The minimum absolute atomic E-state index is 0.0331. The van der Waals surface area contributed by atoms with Crippen LogP contribution in [-0.4, -0.2) is 32.2 Å². The van der Waals surface area contributed by atoms with Crippen molar-refractivity contribution in [3.05, 3.63) is 34.8 Å². The van der Waals surface area contributed by atoms with Gasteiger partial charge in [-0.25, -0.2) is 19.3 Å². The number of aromatic nitrogens is 4. The monoisotopic (exact) mass is 392 g/mol. The molecule has 0 fully saturated rings. The number of nitrogens with zero attached hydrogens (tertiary/aromatic N) is 4. The molecule has 0 saturated carbocycles. The molecule has 0 atom stereocenters. The number of ether oxygens (including phenoxy) is 1. The van der Waals surface area contributed by atoms with Gasteiger partial charge in [0.1, 0.15) is 5.69 Å². The van der Waals surface area contributed by atoms with E-state index in [2.05, 4.69) is 19.8 Å². The highest BCUT2D eigenvalue weighted by Gasteiger charge is 2.40. The van der Waals surface area contributed by atoms with E-state index in [1.807, 2.05) is 0 Å². The zero-order chi connectivity index (χ0) is 20.1. The smallest absolute Gasteiger partial charge is 0.434 e. The lowest BCUT2D eigenvalue weighted by Gasteiger charge is -2.10. The van der Waals surface area contributed by atoms with Crippen molar-refractivity contribution >= 4 is 22.6 Å². The van der Waals surface area contributed by atoms with Gasteiger partial charge in [-0.05, 0) is 26.0 Å². The van der Waals surface area contributed by atoms with Crippen molar-refractivity contribution < 1.29 is 35.9 Å². The van der Waals surface area contributed by atoms with Gasteiger partial charge in [-0.3, -0.25) is 0 Å². The lowest BCUT2D eigenvalue weighted by Crippen LogP contribution is -2.17. The van der Waals surface area contributed by atoms with E-state index in [-0.39, 0.29) is 23.3 Å². The molecule has 12 heteroatoms. The molecule has 3 aromatic rings. The molecule has 27 heavy (non-hydrogen) atoms. The molecule has 0 amide bonds. The molecule has 3 aromatic heterocycles. The summed E-state index contributed by atoms with van der Waals surface area (Å²) in [7, 11) is 0. The van der Waals surface area contributed by atoms with Crippen LogP contribution in [0.25, 0.3) is 16.7 Å². The zero-order valence-electron chi connectivity index (χ0n) is 13.7. The van der Waals surface area contributed by atoms with Gasteiger partial charge in [0, 0.05) is 5.69 Å². The zero-order valence-corrected chi connectivity index (χ0v) is 13.7. The highest BCUT2D eigenvalue weighted by Crippen LogP contribution is 2.35. The van der Waals surface area contributed by atoms with E-state index in [0.29, 0.717) is 10.6 Å². The fraction of sp³-hybridized carbons (Fsp3) is 0.333. The number of aryl methyl sites for hydroxylation is 1. The largest absolute Gasteiger partial charge is 0.462 e. The number of hydrogen-bond donors (Lipinski definition) is 0. The second-order valence-corrected chi connectivity index (χ2v) is 5.49. The summed E-state index contributed by atoms with van der Waals surface area (Å²) < 4.78 is 84.5. The van der Waals surface area contributed by atoms with Crippen LogP contribution in [0.15, 0.2) is 12.1 Å². The maximum Gasteiger partial charge on any atom is 0.434 e. The normalized spacial score (nSPS) is 12.7. The minimum Gasteiger partial charge on any atom is -0.462 e. The second kappa shape index (κ2) is 6.06. The molecule has 0 radical (unpaired) electrons. The van der Waals surface area contributed by atoms with Crippen LogP contribution in [0.4, 0.5) is 26.3 Å². The molecule has 0 aliphatic heterocycles. The molecule has 0 bridgehead atoms. The number of fused-ring (bicyclic) bond motifs is 3. The first-order valence-electron chi connectivity index (χ1n) is 7.46. The van der Waals surface area contributed by atoms with Crippen LogP contribution >= 0.6 is 0 Å². The number of halogens is 6.